The van der Waals surface area contributed by atoms with E-state index in [0.717, 1.165) is 17.4 Å². The lowest BCUT2D eigenvalue weighted by Gasteiger charge is -2.20. The summed E-state index contributed by atoms with van der Waals surface area (Å²) in [6.07, 6.45) is 2.56. The maximum atomic E-state index is 12.5. The van der Waals surface area contributed by atoms with Gasteiger partial charge in [0, 0.05) is 43.9 Å². The number of rotatable bonds is 2. The van der Waals surface area contributed by atoms with E-state index >= 15 is 0 Å². The van der Waals surface area contributed by atoms with E-state index in [0.29, 0.717) is 17.9 Å². The van der Waals surface area contributed by atoms with Gasteiger partial charge in [0.05, 0.1) is 5.56 Å². The minimum Gasteiger partial charge on any atom is -0.362 e. The quantitative estimate of drug-likeness (QED) is 0.888. The number of pyridine rings is 1. The molecule has 2 heterocycles. The van der Waals surface area contributed by atoms with Crippen molar-refractivity contribution in [2.24, 2.45) is 5.73 Å². The molecule has 1 aliphatic rings. The maximum absolute atomic E-state index is 12.5. The Labute approximate surface area is 115 Å². The number of nitrogens with zero attached hydrogens (tertiary/aromatic N) is 3. The smallest absolute Gasteiger partial charge is 0.257 e. The Morgan fingerprint density at radius 3 is 2.89 bits per heavy atom. The van der Waals surface area contributed by atoms with Crippen LogP contribution in [0.25, 0.3) is 0 Å². The van der Waals surface area contributed by atoms with Crippen LogP contribution < -0.4 is 10.6 Å². The second-order valence-corrected chi connectivity index (χ2v) is 5.63. The average molecular weight is 313 g/mol. The molecule has 1 fully saturated rings. The van der Waals surface area contributed by atoms with Crippen molar-refractivity contribution >= 4 is 27.7 Å². The molecule has 0 unspecified atom stereocenters. The van der Waals surface area contributed by atoms with Crippen molar-refractivity contribution in [1.29, 1.82) is 0 Å². The van der Waals surface area contributed by atoms with Gasteiger partial charge in [-0.3, -0.25) is 4.79 Å². The number of nitrogens with two attached hydrogens (primary N) is 1. The van der Waals surface area contributed by atoms with E-state index in [1.54, 1.807) is 11.1 Å². The fourth-order valence-corrected chi connectivity index (χ4v) is 2.42. The Hall–Kier alpha value is -1.14. The fraction of sp³-hybridized carbons (Fsp3) is 0.500. The SMILES string of the molecule is CN(C)c1ncc(Br)cc1C(=O)N1CC[C@@H](N)C1. The molecule has 0 spiro atoms. The highest BCUT2D eigenvalue weighted by atomic mass is 79.9. The monoisotopic (exact) mass is 312 g/mol. The first-order valence-corrected chi connectivity index (χ1v) is 6.66. The second-order valence-electron chi connectivity index (χ2n) is 4.72. The maximum Gasteiger partial charge on any atom is 0.257 e. The zero-order chi connectivity index (χ0) is 13.3. The molecule has 1 aromatic heterocycles. The van der Waals surface area contributed by atoms with Gasteiger partial charge in [-0.25, -0.2) is 4.98 Å². The van der Waals surface area contributed by atoms with Crippen LogP contribution in [0.2, 0.25) is 0 Å². The second kappa shape index (κ2) is 5.24. The summed E-state index contributed by atoms with van der Waals surface area (Å²) in [7, 11) is 3.76. The van der Waals surface area contributed by atoms with Crippen molar-refractivity contribution < 1.29 is 4.79 Å². The molecule has 6 heteroatoms. The van der Waals surface area contributed by atoms with Gasteiger partial charge in [-0.2, -0.15) is 0 Å². The zero-order valence-corrected chi connectivity index (χ0v) is 12.1. The van der Waals surface area contributed by atoms with E-state index in [9.17, 15) is 4.79 Å². The number of hydrogen-bond donors (Lipinski definition) is 1. The van der Waals surface area contributed by atoms with E-state index in [-0.39, 0.29) is 11.9 Å². The first kappa shape index (κ1) is 13.3. The topological polar surface area (TPSA) is 62.5 Å². The lowest BCUT2D eigenvalue weighted by molar-refractivity contribution is 0.0791. The van der Waals surface area contributed by atoms with Gasteiger partial charge in [0.15, 0.2) is 0 Å². The predicted molar refractivity (Wildman–Crippen MR) is 74.8 cm³/mol. The Balaban J connectivity index is 2.31. The lowest BCUT2D eigenvalue weighted by atomic mass is 10.2. The molecular formula is C12H17BrN4O. The van der Waals surface area contributed by atoms with Crippen LogP contribution in [-0.4, -0.2) is 49.0 Å². The summed E-state index contributed by atoms with van der Waals surface area (Å²) in [6, 6.07) is 1.91. The summed E-state index contributed by atoms with van der Waals surface area (Å²) in [4.78, 5) is 20.4. The summed E-state index contributed by atoms with van der Waals surface area (Å²) < 4.78 is 0.806. The van der Waals surface area contributed by atoms with E-state index in [1.165, 1.54) is 0 Å². The minimum atomic E-state index is 0.000417. The van der Waals surface area contributed by atoms with Gasteiger partial charge in [0.1, 0.15) is 5.82 Å². The molecule has 0 aromatic carbocycles. The number of halogens is 1. The van der Waals surface area contributed by atoms with Crippen LogP contribution in [0, 0.1) is 0 Å². The number of likely N-dealkylation sites (tertiary alicyclic amines) is 1. The number of amides is 1. The van der Waals surface area contributed by atoms with Crippen LogP contribution in [0.3, 0.4) is 0 Å². The summed E-state index contributed by atoms with van der Waals surface area (Å²) in [6.45, 7) is 1.34. The number of hydrogen-bond acceptors (Lipinski definition) is 4. The molecule has 1 atom stereocenters. The molecule has 2 N–H and O–H groups in total. The predicted octanol–water partition coefficient (Wildman–Crippen LogP) is 1.08. The molecule has 0 saturated carbocycles. The van der Waals surface area contributed by atoms with Gasteiger partial charge < -0.3 is 15.5 Å². The Morgan fingerprint density at radius 2 is 2.33 bits per heavy atom. The molecule has 18 heavy (non-hydrogen) atoms. The van der Waals surface area contributed by atoms with Crippen LogP contribution in [0.5, 0.6) is 0 Å². The highest BCUT2D eigenvalue weighted by Crippen LogP contribution is 2.23. The normalized spacial score (nSPS) is 19.1. The lowest BCUT2D eigenvalue weighted by Crippen LogP contribution is -2.33. The number of aromatic nitrogens is 1. The van der Waals surface area contributed by atoms with Crippen LogP contribution in [-0.2, 0) is 0 Å². The van der Waals surface area contributed by atoms with Crippen molar-refractivity contribution in [2.75, 3.05) is 32.1 Å². The first-order chi connectivity index (χ1) is 8.49. The Bertz CT molecular complexity index is 463. The first-order valence-electron chi connectivity index (χ1n) is 5.86. The standard InChI is InChI=1S/C12H17BrN4O/c1-16(2)11-10(5-8(13)6-15-11)12(18)17-4-3-9(14)7-17/h5-6,9H,3-4,7,14H2,1-2H3/t9-/m1/s1. The minimum absolute atomic E-state index is 0.000417. The van der Waals surface area contributed by atoms with Gasteiger partial charge in [-0.05, 0) is 28.4 Å². The van der Waals surface area contributed by atoms with Crippen LogP contribution in [0.4, 0.5) is 5.82 Å². The molecule has 0 aliphatic carbocycles. The molecule has 1 aromatic rings. The van der Waals surface area contributed by atoms with Crippen molar-refractivity contribution in [3.05, 3.63) is 22.3 Å². The molecule has 1 aliphatic heterocycles. The third kappa shape index (κ3) is 2.64. The van der Waals surface area contributed by atoms with Crippen molar-refractivity contribution in [3.63, 3.8) is 0 Å². The zero-order valence-electron chi connectivity index (χ0n) is 10.6. The van der Waals surface area contributed by atoms with E-state index in [4.69, 9.17) is 5.73 Å². The number of carbonyl (C=O) groups is 1. The van der Waals surface area contributed by atoms with E-state index in [2.05, 4.69) is 20.9 Å². The average Bonchev–Trinajstić information content (AvgIpc) is 2.74. The third-order valence-corrected chi connectivity index (χ3v) is 3.43. The fourth-order valence-electron chi connectivity index (χ4n) is 2.09. The Morgan fingerprint density at radius 1 is 1.61 bits per heavy atom. The molecule has 1 amide bonds. The molecule has 98 valence electrons. The summed E-state index contributed by atoms with van der Waals surface area (Å²) >= 11 is 3.36. The number of carbonyl (C=O) groups excluding carboxylic acids is 1. The van der Waals surface area contributed by atoms with Crippen LogP contribution in [0.15, 0.2) is 16.7 Å². The van der Waals surface area contributed by atoms with Crippen molar-refractivity contribution in [2.45, 2.75) is 12.5 Å². The highest BCUT2D eigenvalue weighted by Gasteiger charge is 2.27. The van der Waals surface area contributed by atoms with Gasteiger partial charge in [-0.1, -0.05) is 0 Å². The molecular weight excluding hydrogens is 296 g/mol. The van der Waals surface area contributed by atoms with Crippen LogP contribution in [0.1, 0.15) is 16.8 Å². The molecule has 5 nitrogen and oxygen atoms in total. The van der Waals surface area contributed by atoms with Crippen LogP contribution >= 0.6 is 15.9 Å². The van der Waals surface area contributed by atoms with Crippen molar-refractivity contribution in [3.8, 4) is 0 Å². The molecule has 0 bridgehead atoms. The van der Waals surface area contributed by atoms with Crippen molar-refractivity contribution in [1.82, 2.24) is 9.88 Å². The Kier molecular flexibility index (Phi) is 3.87. The number of anilines is 1. The van der Waals surface area contributed by atoms with Gasteiger partial charge in [0.25, 0.3) is 5.91 Å². The van der Waals surface area contributed by atoms with E-state index in [1.807, 2.05) is 25.1 Å². The third-order valence-electron chi connectivity index (χ3n) is 3.00. The van der Waals surface area contributed by atoms with Gasteiger partial charge in [0.2, 0.25) is 0 Å². The summed E-state index contributed by atoms with van der Waals surface area (Å²) in [5.41, 5.74) is 6.45. The molecule has 0 radical (unpaired) electrons. The van der Waals surface area contributed by atoms with Gasteiger partial charge >= 0.3 is 0 Å². The summed E-state index contributed by atoms with van der Waals surface area (Å²) in [5, 5.41) is 0. The largest absolute Gasteiger partial charge is 0.362 e. The van der Waals surface area contributed by atoms with E-state index < -0.39 is 0 Å². The highest BCUT2D eigenvalue weighted by molar-refractivity contribution is 9.10. The molecule has 2 rings (SSSR count). The molecule has 1 saturated heterocycles. The summed E-state index contributed by atoms with van der Waals surface area (Å²) in [5.74, 6) is 0.684. The van der Waals surface area contributed by atoms with Gasteiger partial charge in [-0.15, -0.1) is 0 Å².